The van der Waals surface area contributed by atoms with E-state index in [4.69, 9.17) is 50.0 Å². The Labute approximate surface area is 286 Å². The van der Waals surface area contributed by atoms with Crippen LogP contribution >= 0.6 is 0 Å². The van der Waals surface area contributed by atoms with E-state index < -0.39 is 5.91 Å². The number of rotatable bonds is 19. The Balaban J connectivity index is 1.90. The fourth-order valence-corrected chi connectivity index (χ4v) is 5.28. The van der Waals surface area contributed by atoms with Crippen LogP contribution in [0.15, 0.2) is 29.3 Å². The van der Waals surface area contributed by atoms with Crippen LogP contribution in [0.5, 0.6) is 0 Å². The van der Waals surface area contributed by atoms with Gasteiger partial charge in [-0.25, -0.2) is 15.0 Å². The third kappa shape index (κ3) is 9.91. The maximum absolute atomic E-state index is 11.9. The lowest BCUT2D eigenvalue weighted by molar-refractivity contribution is 0.1000. The molecule has 0 unspecified atom stereocenters. The summed E-state index contributed by atoms with van der Waals surface area (Å²) >= 11 is 0. The van der Waals surface area contributed by atoms with Gasteiger partial charge in [0.2, 0.25) is 23.8 Å². The molecule has 1 aliphatic heterocycles. The highest BCUT2D eigenvalue weighted by atomic mass is 16.5. The van der Waals surface area contributed by atoms with E-state index in [9.17, 15) is 4.79 Å². The van der Waals surface area contributed by atoms with Gasteiger partial charge in [-0.05, 0) is 24.4 Å². The number of nitrogens with zero attached hydrogens (tertiary/aromatic N) is 9. The molecule has 0 radical (unpaired) electrons. The first-order chi connectivity index (χ1) is 23.8. The molecule has 4 rings (SSSR count). The molecule has 0 atom stereocenters. The van der Waals surface area contributed by atoms with Gasteiger partial charge >= 0.3 is 0 Å². The van der Waals surface area contributed by atoms with Crippen LogP contribution in [0.2, 0.25) is 0 Å². The average molecular weight is 681 g/mol. The van der Waals surface area contributed by atoms with E-state index in [0.717, 1.165) is 5.56 Å². The summed E-state index contributed by atoms with van der Waals surface area (Å²) in [6, 6.07) is 7.13. The third-order valence-electron chi connectivity index (χ3n) is 8.03. The minimum atomic E-state index is -0.503. The van der Waals surface area contributed by atoms with E-state index in [1.165, 1.54) is 0 Å². The lowest BCUT2D eigenvalue weighted by atomic mass is 10.1. The molecule has 4 N–H and O–H groups in total. The number of methoxy groups -OCH3 is 4. The minimum Gasteiger partial charge on any atom is -0.383 e. The molecule has 1 aromatic carbocycles. The molecule has 1 fully saturated rings. The highest BCUT2D eigenvalue weighted by Crippen LogP contribution is 2.32. The van der Waals surface area contributed by atoms with Crippen molar-refractivity contribution in [2.45, 2.75) is 6.54 Å². The monoisotopic (exact) mass is 680 g/mol. The van der Waals surface area contributed by atoms with Gasteiger partial charge in [0, 0.05) is 92.9 Å². The Morgan fingerprint density at radius 2 is 1.43 bits per heavy atom. The second-order valence-electron chi connectivity index (χ2n) is 11.2. The molecule has 1 saturated heterocycles. The summed E-state index contributed by atoms with van der Waals surface area (Å²) in [6.07, 6.45) is 0. The zero-order chi connectivity index (χ0) is 35.2. The van der Waals surface area contributed by atoms with Gasteiger partial charge in [-0.3, -0.25) is 10.2 Å². The molecule has 0 spiro atoms. The molecule has 0 bridgehead atoms. The van der Waals surface area contributed by atoms with Crippen LogP contribution in [-0.2, 0) is 25.5 Å². The Morgan fingerprint density at radius 1 is 0.878 bits per heavy atom. The number of aliphatic imine (C=N–C) groups is 1. The zero-order valence-electron chi connectivity index (χ0n) is 28.9. The van der Waals surface area contributed by atoms with E-state index >= 15 is 0 Å². The number of nitrogens with two attached hydrogens (primary N) is 1. The topological polar surface area (TPSA) is 193 Å². The molecule has 17 nitrogen and oxygen atoms in total. The summed E-state index contributed by atoms with van der Waals surface area (Å²) in [5.74, 6) is 1.70. The number of ether oxygens (including phenoxy) is 4. The summed E-state index contributed by atoms with van der Waals surface area (Å²) in [4.78, 5) is 44.0. The molecule has 49 heavy (non-hydrogen) atoms. The van der Waals surface area contributed by atoms with Gasteiger partial charge in [-0.2, -0.15) is 9.97 Å². The van der Waals surface area contributed by atoms with Gasteiger partial charge in [0.25, 0.3) is 0 Å². The smallest absolute Gasteiger partial charge is 0.248 e. The van der Waals surface area contributed by atoms with E-state index in [0.29, 0.717) is 125 Å². The number of carbonyl (C=O) groups excluding carboxylic acids is 1. The first kappa shape index (κ1) is 37.1. The van der Waals surface area contributed by atoms with Crippen molar-refractivity contribution in [2.75, 3.05) is 127 Å². The molecule has 0 saturated carbocycles. The van der Waals surface area contributed by atoms with Gasteiger partial charge in [-0.15, -0.1) is 0 Å². The van der Waals surface area contributed by atoms with E-state index in [1.807, 2.05) is 20.8 Å². The Morgan fingerprint density at radius 3 is 1.96 bits per heavy atom. The van der Waals surface area contributed by atoms with Gasteiger partial charge < -0.3 is 49.6 Å². The first-order valence-electron chi connectivity index (χ1n) is 16.1. The average Bonchev–Trinajstić information content (AvgIpc) is 3.13. The summed E-state index contributed by atoms with van der Waals surface area (Å²) in [7, 11) is 6.60. The molecule has 2 aromatic heterocycles. The molecule has 1 amide bonds. The second-order valence-corrected chi connectivity index (χ2v) is 11.2. The SMILES string of the molecule is C=NC(=N)N1CCN(c2nc(N(CCOC)CCOC)nc3c(NCc4cccc(C(N)=O)c4)nc(N(CCOC)CCOC)nc23)CC1. The van der Waals surface area contributed by atoms with Crippen LogP contribution in [0.1, 0.15) is 15.9 Å². The number of nitrogens with one attached hydrogen (secondary N) is 2. The number of guanidine groups is 1. The fraction of sp³-hybridized carbons (Fsp3) is 0.531. The largest absolute Gasteiger partial charge is 0.383 e. The number of benzene rings is 1. The second kappa shape index (κ2) is 18.7. The van der Waals surface area contributed by atoms with Crippen LogP contribution in [0.25, 0.3) is 11.0 Å². The standard InChI is InChI=1S/C32H48N12O5/c1-35-30(34)42-11-9-41(10-12-42)29-26-25(37-32(40-29)44(15-19-48-4)16-20-49-5)28(36-22-23-7-6-8-24(21-23)27(33)45)39-31(38-26)43(13-17-46-2)14-18-47-3/h6-8,21,34H,1,9-20,22H2,2-5H3,(H2,33,45)(H,36,38,39). The Kier molecular flexibility index (Phi) is 14.2. The number of amides is 1. The third-order valence-corrected chi connectivity index (χ3v) is 8.03. The summed E-state index contributed by atoms with van der Waals surface area (Å²) in [5, 5.41) is 11.6. The van der Waals surface area contributed by atoms with E-state index in [2.05, 4.69) is 21.9 Å². The number of hydrogen-bond acceptors (Lipinski definition) is 14. The van der Waals surface area contributed by atoms with Crippen molar-refractivity contribution in [3.05, 3.63) is 35.4 Å². The first-order valence-corrected chi connectivity index (χ1v) is 16.1. The van der Waals surface area contributed by atoms with E-state index in [-0.39, 0.29) is 5.96 Å². The molecule has 17 heteroatoms. The highest BCUT2D eigenvalue weighted by Gasteiger charge is 2.27. The van der Waals surface area contributed by atoms with Gasteiger partial charge in [0.15, 0.2) is 11.6 Å². The van der Waals surface area contributed by atoms with Crippen LogP contribution in [-0.4, -0.2) is 151 Å². The lowest BCUT2D eigenvalue weighted by Gasteiger charge is -2.36. The number of fused-ring (bicyclic) bond motifs is 1. The molecular weight excluding hydrogens is 632 g/mol. The molecular formula is C32H48N12O5. The van der Waals surface area contributed by atoms with Crippen molar-refractivity contribution in [3.8, 4) is 0 Å². The minimum absolute atomic E-state index is 0.140. The van der Waals surface area contributed by atoms with Crippen molar-refractivity contribution in [1.29, 1.82) is 5.41 Å². The highest BCUT2D eigenvalue weighted by molar-refractivity contribution is 5.95. The van der Waals surface area contributed by atoms with Crippen molar-refractivity contribution >= 4 is 53.2 Å². The Bertz CT molecular complexity index is 1540. The van der Waals surface area contributed by atoms with Gasteiger partial charge in [0.05, 0.1) is 26.4 Å². The number of aromatic nitrogens is 4. The lowest BCUT2D eigenvalue weighted by Crippen LogP contribution is -2.48. The van der Waals surface area contributed by atoms with E-state index in [1.54, 1.807) is 46.6 Å². The molecule has 266 valence electrons. The zero-order valence-corrected chi connectivity index (χ0v) is 28.9. The van der Waals surface area contributed by atoms with Crippen LogP contribution in [0.3, 0.4) is 0 Å². The predicted octanol–water partition coefficient (Wildman–Crippen LogP) is 1.09. The van der Waals surface area contributed by atoms with Crippen LogP contribution in [0, 0.1) is 5.41 Å². The summed E-state index contributed by atoms with van der Waals surface area (Å²) in [6.45, 7) is 10.0. The maximum atomic E-state index is 11.9. The molecule has 1 aliphatic rings. The van der Waals surface area contributed by atoms with Crippen molar-refractivity contribution in [2.24, 2.45) is 10.7 Å². The number of hydrogen-bond donors (Lipinski definition) is 3. The number of piperazine rings is 1. The van der Waals surface area contributed by atoms with Crippen molar-refractivity contribution in [3.63, 3.8) is 0 Å². The fourth-order valence-electron chi connectivity index (χ4n) is 5.28. The number of primary amides is 1. The quantitative estimate of drug-likeness (QED) is 0.120. The molecule has 0 aliphatic carbocycles. The Hall–Kier alpha value is -4.71. The van der Waals surface area contributed by atoms with Crippen LogP contribution < -0.4 is 25.8 Å². The summed E-state index contributed by atoms with van der Waals surface area (Å²) < 4.78 is 21.6. The normalized spacial score (nSPS) is 13.1. The van der Waals surface area contributed by atoms with Gasteiger partial charge in [0.1, 0.15) is 11.0 Å². The van der Waals surface area contributed by atoms with Gasteiger partial charge in [-0.1, -0.05) is 12.1 Å². The number of carbonyl (C=O) groups is 1. The summed E-state index contributed by atoms with van der Waals surface area (Å²) in [5.41, 5.74) is 7.90. The molecule has 3 heterocycles. The molecule has 3 aromatic rings. The van der Waals surface area contributed by atoms with Crippen molar-refractivity contribution in [1.82, 2.24) is 24.8 Å². The maximum Gasteiger partial charge on any atom is 0.248 e. The van der Waals surface area contributed by atoms with Crippen molar-refractivity contribution < 1.29 is 23.7 Å². The van der Waals surface area contributed by atoms with Crippen LogP contribution in [0.4, 0.5) is 23.5 Å². The predicted molar refractivity (Wildman–Crippen MR) is 190 cm³/mol. The number of anilines is 4.